The molecule has 0 aliphatic carbocycles. The van der Waals surface area contributed by atoms with Gasteiger partial charge in [0, 0.05) is 12.8 Å². The van der Waals surface area contributed by atoms with Gasteiger partial charge in [0.25, 0.3) is 0 Å². The van der Waals surface area contributed by atoms with Gasteiger partial charge in [-0.1, -0.05) is 48.5 Å². The molecule has 0 aromatic heterocycles. The van der Waals surface area contributed by atoms with E-state index in [9.17, 15) is 20.1 Å². The molecule has 1 heterocycles. The highest BCUT2D eigenvalue weighted by Gasteiger charge is 2.30. The third kappa shape index (κ3) is 5.17. The van der Waals surface area contributed by atoms with Gasteiger partial charge in [0.1, 0.15) is 0 Å². The molecule has 27 heavy (non-hydrogen) atoms. The highest BCUT2D eigenvalue weighted by atomic mass is 16.7. The molecule has 3 rings (SSSR count). The van der Waals surface area contributed by atoms with Gasteiger partial charge in [-0.15, -0.1) is 0 Å². The monoisotopic (exact) mass is 370 g/mol. The number of benzene rings is 2. The minimum atomic E-state index is -1.23. The van der Waals surface area contributed by atoms with Gasteiger partial charge in [0.15, 0.2) is 0 Å². The first-order valence-corrected chi connectivity index (χ1v) is 8.76. The molecule has 3 unspecified atom stereocenters. The van der Waals surface area contributed by atoms with Crippen LogP contribution in [0.15, 0.2) is 60.4 Å². The molecule has 1 aliphatic rings. The van der Waals surface area contributed by atoms with Crippen LogP contribution in [0.3, 0.4) is 0 Å². The van der Waals surface area contributed by atoms with E-state index in [2.05, 4.69) is 0 Å². The first-order valence-electron chi connectivity index (χ1n) is 8.76. The van der Waals surface area contributed by atoms with Crippen molar-refractivity contribution in [2.75, 3.05) is 6.61 Å². The fourth-order valence-electron chi connectivity index (χ4n) is 3.02. The van der Waals surface area contributed by atoms with E-state index in [1.807, 2.05) is 48.5 Å². The third-order valence-electron chi connectivity index (χ3n) is 4.31. The lowest BCUT2D eigenvalue weighted by Crippen LogP contribution is -2.39. The first-order chi connectivity index (χ1) is 13.0. The van der Waals surface area contributed by atoms with Crippen molar-refractivity contribution in [1.82, 2.24) is 0 Å². The molecule has 0 amide bonds. The molecule has 1 saturated heterocycles. The Bertz CT molecular complexity index is 801. The second kappa shape index (κ2) is 8.81. The summed E-state index contributed by atoms with van der Waals surface area (Å²) >= 11 is 0. The summed E-state index contributed by atoms with van der Waals surface area (Å²) in [5.74, 6) is -1.51. The van der Waals surface area contributed by atoms with Crippen molar-refractivity contribution in [1.29, 1.82) is 0 Å². The smallest absolute Gasteiger partial charge is 0.371 e. The number of carboxylic acid groups (broad SMARTS) is 1. The van der Waals surface area contributed by atoms with Crippen molar-refractivity contribution in [3.05, 3.63) is 65.9 Å². The van der Waals surface area contributed by atoms with Gasteiger partial charge in [-0.05, 0) is 28.8 Å². The number of hydrogen-bond donors (Lipinski definition) is 3. The van der Waals surface area contributed by atoms with E-state index in [1.165, 1.54) is 6.08 Å². The summed E-state index contributed by atoms with van der Waals surface area (Å²) < 4.78 is 11.0. The summed E-state index contributed by atoms with van der Waals surface area (Å²) in [6.07, 6.45) is -0.349. The minimum absolute atomic E-state index is 0.144. The number of aliphatic carboxylic acids is 1. The van der Waals surface area contributed by atoms with Crippen LogP contribution in [0.2, 0.25) is 0 Å². The van der Waals surface area contributed by atoms with E-state index in [4.69, 9.17) is 9.47 Å². The predicted octanol–water partition coefficient (Wildman–Crippen LogP) is 2.65. The molecule has 3 N–H and O–H groups in total. The van der Waals surface area contributed by atoms with Crippen LogP contribution in [0.5, 0.6) is 0 Å². The molecule has 0 bridgehead atoms. The number of rotatable bonds is 6. The highest BCUT2D eigenvalue weighted by Crippen LogP contribution is 2.25. The summed E-state index contributed by atoms with van der Waals surface area (Å²) in [6, 6.07) is 17.2. The van der Waals surface area contributed by atoms with Crippen LogP contribution in [-0.4, -0.2) is 46.4 Å². The Kier molecular flexibility index (Phi) is 6.24. The molecule has 6 heteroatoms. The van der Waals surface area contributed by atoms with Crippen LogP contribution < -0.4 is 0 Å². The Morgan fingerprint density at radius 2 is 1.85 bits per heavy atom. The Labute approximate surface area is 157 Å². The molecular formula is C21H22O6. The second-order valence-electron chi connectivity index (χ2n) is 6.42. The molecule has 1 aliphatic heterocycles. The van der Waals surface area contributed by atoms with E-state index >= 15 is 0 Å². The zero-order valence-corrected chi connectivity index (χ0v) is 14.7. The molecule has 2 aromatic carbocycles. The Balaban J connectivity index is 1.81. The zero-order chi connectivity index (χ0) is 19.2. The lowest BCUT2D eigenvalue weighted by molar-refractivity contribution is -0.208. The summed E-state index contributed by atoms with van der Waals surface area (Å²) in [6.45, 7) is -0.262. The number of aliphatic hydroxyl groups is 2. The molecular weight excluding hydrogens is 348 g/mol. The molecule has 0 radical (unpaired) electrons. The van der Waals surface area contributed by atoms with Crippen LogP contribution >= 0.6 is 0 Å². The maximum atomic E-state index is 11.6. The van der Waals surface area contributed by atoms with Crippen molar-refractivity contribution in [3.8, 4) is 11.1 Å². The summed E-state index contributed by atoms with van der Waals surface area (Å²) in [5.41, 5.74) is 2.65. The number of ether oxygens (including phenoxy) is 2. The van der Waals surface area contributed by atoms with Crippen molar-refractivity contribution in [3.63, 3.8) is 0 Å². The van der Waals surface area contributed by atoms with Gasteiger partial charge in [-0.3, -0.25) is 0 Å². The fourth-order valence-corrected chi connectivity index (χ4v) is 3.02. The van der Waals surface area contributed by atoms with E-state index in [1.54, 1.807) is 6.07 Å². The maximum absolute atomic E-state index is 11.6. The molecule has 3 atom stereocenters. The predicted molar refractivity (Wildman–Crippen MR) is 99.6 cm³/mol. The van der Waals surface area contributed by atoms with Crippen LogP contribution in [0.25, 0.3) is 17.2 Å². The molecule has 0 saturated carbocycles. The van der Waals surface area contributed by atoms with Crippen molar-refractivity contribution in [2.45, 2.75) is 31.3 Å². The van der Waals surface area contributed by atoms with Crippen molar-refractivity contribution >= 4 is 12.0 Å². The SMILES string of the molecule is O=C(O)/C(=C/c1cccc(-c2ccccc2)c1)OC1CC(O)CC(CO)O1. The van der Waals surface area contributed by atoms with Crippen LogP contribution in [-0.2, 0) is 14.3 Å². The largest absolute Gasteiger partial charge is 0.475 e. The van der Waals surface area contributed by atoms with Crippen LogP contribution in [0.4, 0.5) is 0 Å². The van der Waals surface area contributed by atoms with Crippen molar-refractivity contribution in [2.24, 2.45) is 0 Å². The summed E-state index contributed by atoms with van der Waals surface area (Å²) in [5, 5.41) is 28.5. The van der Waals surface area contributed by atoms with Crippen LogP contribution in [0.1, 0.15) is 18.4 Å². The number of carbonyl (C=O) groups is 1. The Hall–Kier alpha value is -2.67. The van der Waals surface area contributed by atoms with E-state index in [0.717, 1.165) is 11.1 Å². The lowest BCUT2D eigenvalue weighted by atomic mass is 10.0. The van der Waals surface area contributed by atoms with Gasteiger partial charge in [0.2, 0.25) is 12.0 Å². The molecule has 0 spiro atoms. The summed E-state index contributed by atoms with van der Waals surface area (Å²) in [7, 11) is 0. The fraction of sp³-hybridized carbons (Fsp3) is 0.286. The number of hydrogen-bond acceptors (Lipinski definition) is 5. The number of carboxylic acids is 1. The van der Waals surface area contributed by atoms with Gasteiger partial charge < -0.3 is 24.8 Å². The topological polar surface area (TPSA) is 96.2 Å². The summed E-state index contributed by atoms with van der Waals surface area (Å²) in [4.78, 5) is 11.6. The average molecular weight is 370 g/mol. The molecule has 142 valence electrons. The Morgan fingerprint density at radius 3 is 2.56 bits per heavy atom. The Morgan fingerprint density at radius 1 is 1.11 bits per heavy atom. The molecule has 1 fully saturated rings. The quantitative estimate of drug-likeness (QED) is 0.534. The standard InChI is InChI=1S/C21H22O6/c22-13-18-11-17(23)12-20(26-18)27-19(21(24)25)10-14-5-4-8-16(9-14)15-6-2-1-3-7-15/h1-10,17-18,20,22-23H,11-13H2,(H,24,25)/b19-10-. The van der Waals surface area contributed by atoms with Crippen LogP contribution in [0, 0.1) is 0 Å². The average Bonchev–Trinajstić information content (AvgIpc) is 2.68. The van der Waals surface area contributed by atoms with E-state index in [-0.39, 0.29) is 18.8 Å². The lowest BCUT2D eigenvalue weighted by Gasteiger charge is -2.32. The first kappa shape index (κ1) is 19.1. The molecule has 2 aromatic rings. The molecule has 6 nitrogen and oxygen atoms in total. The third-order valence-corrected chi connectivity index (χ3v) is 4.31. The van der Waals surface area contributed by atoms with Crippen molar-refractivity contribution < 1.29 is 29.6 Å². The zero-order valence-electron chi connectivity index (χ0n) is 14.7. The second-order valence-corrected chi connectivity index (χ2v) is 6.42. The van der Waals surface area contributed by atoms with Gasteiger partial charge in [-0.2, -0.15) is 0 Å². The van der Waals surface area contributed by atoms with E-state index in [0.29, 0.717) is 12.0 Å². The normalized spacial score (nSPS) is 23.0. The maximum Gasteiger partial charge on any atom is 0.371 e. The van der Waals surface area contributed by atoms with Gasteiger partial charge >= 0.3 is 5.97 Å². The van der Waals surface area contributed by atoms with Gasteiger partial charge in [-0.25, -0.2) is 4.79 Å². The number of aliphatic hydroxyl groups excluding tert-OH is 2. The van der Waals surface area contributed by atoms with Gasteiger partial charge in [0.05, 0.1) is 18.8 Å². The highest BCUT2D eigenvalue weighted by molar-refractivity contribution is 5.90. The minimum Gasteiger partial charge on any atom is -0.475 e. The van der Waals surface area contributed by atoms with E-state index < -0.39 is 24.5 Å².